The minimum Gasteiger partial charge on any atom is -0.469 e. The molecule has 0 saturated heterocycles. The van der Waals surface area contributed by atoms with Gasteiger partial charge in [-0.15, -0.1) is 0 Å². The van der Waals surface area contributed by atoms with Crippen LogP contribution >= 0.6 is 15.9 Å². The molecule has 1 rings (SSSR count). The maximum Gasteiger partial charge on any atom is 0.313 e. The molecule has 0 aliphatic carbocycles. The summed E-state index contributed by atoms with van der Waals surface area (Å²) in [5.74, 6) is -0.343. The Hall–Kier alpha value is -0.940. The first-order valence-corrected chi connectivity index (χ1v) is 5.64. The second-order valence-corrected chi connectivity index (χ2v) is 5.01. The van der Waals surface area contributed by atoms with Crippen LogP contribution in [0.5, 0.6) is 0 Å². The normalized spacial score (nSPS) is 13.3. The molecule has 0 spiro atoms. The lowest BCUT2D eigenvalue weighted by atomic mass is 9.83. The van der Waals surface area contributed by atoms with Gasteiger partial charge in [-0.25, -0.2) is 0 Å². The fraction of sp³-hybridized carbons (Fsp3) is 0.455. The number of esters is 1. The number of carbonyl (C=O) groups is 1. The van der Waals surface area contributed by atoms with Gasteiger partial charge in [0.2, 0.25) is 0 Å². The SMILES string of the molecule is COC(=O)C(C)(C)[C@H](N)c1ccc(Br)cn1. The van der Waals surface area contributed by atoms with Gasteiger partial charge in [-0.3, -0.25) is 9.78 Å². The van der Waals surface area contributed by atoms with Crippen molar-refractivity contribution in [3.05, 3.63) is 28.5 Å². The number of nitrogens with two attached hydrogens (primary N) is 1. The molecule has 0 bridgehead atoms. The van der Waals surface area contributed by atoms with E-state index in [0.29, 0.717) is 5.69 Å². The number of pyridine rings is 1. The molecule has 0 aliphatic heterocycles. The van der Waals surface area contributed by atoms with Crippen molar-refractivity contribution in [2.24, 2.45) is 11.1 Å². The fourth-order valence-corrected chi connectivity index (χ4v) is 1.57. The van der Waals surface area contributed by atoms with Crippen LogP contribution in [-0.2, 0) is 9.53 Å². The summed E-state index contributed by atoms with van der Waals surface area (Å²) in [5, 5.41) is 0. The van der Waals surface area contributed by atoms with E-state index < -0.39 is 11.5 Å². The third-order valence-electron chi connectivity index (χ3n) is 2.56. The molecule has 0 saturated carbocycles. The molecule has 1 atom stereocenters. The topological polar surface area (TPSA) is 65.2 Å². The average molecular weight is 287 g/mol. The maximum atomic E-state index is 11.6. The molecule has 0 aliphatic rings. The van der Waals surface area contributed by atoms with Crippen molar-refractivity contribution in [1.29, 1.82) is 0 Å². The fourth-order valence-electron chi connectivity index (χ4n) is 1.33. The number of methoxy groups -OCH3 is 1. The first kappa shape index (κ1) is 13.1. The van der Waals surface area contributed by atoms with E-state index >= 15 is 0 Å². The highest BCUT2D eigenvalue weighted by atomic mass is 79.9. The molecule has 0 fully saturated rings. The number of halogens is 1. The van der Waals surface area contributed by atoms with E-state index in [0.717, 1.165) is 4.47 Å². The number of rotatable bonds is 3. The van der Waals surface area contributed by atoms with E-state index in [4.69, 9.17) is 10.5 Å². The standard InChI is InChI=1S/C11H15BrN2O2/c1-11(2,10(15)16-3)9(13)8-5-4-7(12)6-14-8/h4-6,9H,13H2,1-3H3/t9-/m1/s1. The molecule has 0 unspecified atom stereocenters. The van der Waals surface area contributed by atoms with Crippen LogP contribution in [0, 0.1) is 5.41 Å². The highest BCUT2D eigenvalue weighted by molar-refractivity contribution is 9.10. The summed E-state index contributed by atoms with van der Waals surface area (Å²) in [6.07, 6.45) is 1.66. The van der Waals surface area contributed by atoms with Gasteiger partial charge in [0.15, 0.2) is 0 Å². The molecule has 16 heavy (non-hydrogen) atoms. The smallest absolute Gasteiger partial charge is 0.313 e. The molecule has 1 aromatic heterocycles. The predicted molar refractivity (Wildman–Crippen MR) is 64.7 cm³/mol. The summed E-state index contributed by atoms with van der Waals surface area (Å²) in [4.78, 5) is 15.8. The highest BCUT2D eigenvalue weighted by Crippen LogP contribution is 2.31. The molecular weight excluding hydrogens is 272 g/mol. The van der Waals surface area contributed by atoms with Crippen LogP contribution in [0.4, 0.5) is 0 Å². The van der Waals surface area contributed by atoms with Gasteiger partial charge < -0.3 is 10.5 Å². The van der Waals surface area contributed by atoms with Crippen LogP contribution in [0.15, 0.2) is 22.8 Å². The van der Waals surface area contributed by atoms with E-state index in [1.807, 2.05) is 6.07 Å². The molecule has 0 amide bonds. The van der Waals surface area contributed by atoms with Gasteiger partial charge in [0, 0.05) is 10.7 Å². The van der Waals surface area contributed by atoms with E-state index in [1.54, 1.807) is 26.1 Å². The molecule has 0 radical (unpaired) electrons. The van der Waals surface area contributed by atoms with Gasteiger partial charge >= 0.3 is 5.97 Å². The zero-order chi connectivity index (χ0) is 12.3. The summed E-state index contributed by atoms with van der Waals surface area (Å²) < 4.78 is 5.60. The van der Waals surface area contributed by atoms with E-state index in [2.05, 4.69) is 20.9 Å². The van der Waals surface area contributed by atoms with Gasteiger partial charge in [0.25, 0.3) is 0 Å². The molecular formula is C11H15BrN2O2. The van der Waals surface area contributed by atoms with Gasteiger partial charge in [-0.05, 0) is 41.9 Å². The van der Waals surface area contributed by atoms with Gasteiger partial charge in [0.1, 0.15) is 0 Å². The second-order valence-electron chi connectivity index (χ2n) is 4.09. The Morgan fingerprint density at radius 3 is 2.62 bits per heavy atom. The molecule has 4 nitrogen and oxygen atoms in total. The first-order valence-electron chi connectivity index (χ1n) is 4.85. The summed E-state index contributed by atoms with van der Waals surface area (Å²) in [6.45, 7) is 3.49. The van der Waals surface area contributed by atoms with Gasteiger partial charge in [-0.2, -0.15) is 0 Å². The molecule has 88 valence electrons. The lowest BCUT2D eigenvalue weighted by Gasteiger charge is -2.28. The van der Waals surface area contributed by atoms with E-state index in [-0.39, 0.29) is 5.97 Å². The first-order chi connectivity index (χ1) is 7.39. The summed E-state index contributed by atoms with van der Waals surface area (Å²) in [7, 11) is 1.35. The average Bonchev–Trinajstić information content (AvgIpc) is 2.28. The third kappa shape index (κ3) is 2.59. The molecule has 1 heterocycles. The minimum absolute atomic E-state index is 0.343. The summed E-state index contributed by atoms with van der Waals surface area (Å²) >= 11 is 3.29. The van der Waals surface area contributed by atoms with Crippen molar-refractivity contribution >= 4 is 21.9 Å². The van der Waals surface area contributed by atoms with Gasteiger partial charge in [-0.1, -0.05) is 0 Å². The Morgan fingerprint density at radius 2 is 2.19 bits per heavy atom. The van der Waals surface area contributed by atoms with Crippen LogP contribution in [0.1, 0.15) is 25.6 Å². The lowest BCUT2D eigenvalue weighted by Crippen LogP contribution is -2.37. The summed E-state index contributed by atoms with van der Waals surface area (Å²) in [6, 6.07) is 3.14. The van der Waals surface area contributed by atoms with Crippen molar-refractivity contribution in [1.82, 2.24) is 4.98 Å². The molecule has 5 heteroatoms. The van der Waals surface area contributed by atoms with Crippen LogP contribution in [0.2, 0.25) is 0 Å². The number of hydrogen-bond donors (Lipinski definition) is 1. The molecule has 2 N–H and O–H groups in total. The van der Waals surface area contributed by atoms with Crippen molar-refractivity contribution in [2.45, 2.75) is 19.9 Å². The van der Waals surface area contributed by atoms with Crippen LogP contribution in [-0.4, -0.2) is 18.1 Å². The van der Waals surface area contributed by atoms with Crippen molar-refractivity contribution in [3.63, 3.8) is 0 Å². The van der Waals surface area contributed by atoms with E-state index in [1.165, 1.54) is 7.11 Å². The molecule has 1 aromatic rings. The Labute approximate surface area is 103 Å². The number of aromatic nitrogens is 1. The number of ether oxygens (including phenoxy) is 1. The Balaban J connectivity index is 2.97. The predicted octanol–water partition coefficient (Wildman–Crippen LogP) is 2.04. The Kier molecular flexibility index (Phi) is 4.04. The quantitative estimate of drug-likeness (QED) is 0.864. The van der Waals surface area contributed by atoms with Crippen molar-refractivity contribution < 1.29 is 9.53 Å². The zero-order valence-corrected chi connectivity index (χ0v) is 11.1. The van der Waals surface area contributed by atoms with Crippen LogP contribution < -0.4 is 5.73 Å². The number of nitrogens with zero attached hydrogens (tertiary/aromatic N) is 1. The highest BCUT2D eigenvalue weighted by Gasteiger charge is 2.37. The van der Waals surface area contributed by atoms with Gasteiger partial charge in [0.05, 0.1) is 24.3 Å². The maximum absolute atomic E-state index is 11.6. The van der Waals surface area contributed by atoms with Crippen molar-refractivity contribution in [3.8, 4) is 0 Å². The number of hydrogen-bond acceptors (Lipinski definition) is 4. The minimum atomic E-state index is -0.796. The summed E-state index contributed by atoms with van der Waals surface area (Å²) in [5.41, 5.74) is 5.89. The number of carbonyl (C=O) groups excluding carboxylic acids is 1. The zero-order valence-electron chi connectivity index (χ0n) is 9.53. The van der Waals surface area contributed by atoms with Crippen molar-refractivity contribution in [2.75, 3.05) is 7.11 Å². The Morgan fingerprint density at radius 1 is 1.56 bits per heavy atom. The largest absolute Gasteiger partial charge is 0.469 e. The monoisotopic (exact) mass is 286 g/mol. The van der Waals surface area contributed by atoms with E-state index in [9.17, 15) is 4.79 Å². The molecule has 0 aromatic carbocycles. The van der Waals surface area contributed by atoms with Crippen LogP contribution in [0.3, 0.4) is 0 Å². The Bertz CT molecular complexity index is 376. The lowest BCUT2D eigenvalue weighted by molar-refractivity contribution is -0.152. The third-order valence-corrected chi connectivity index (χ3v) is 3.03. The second kappa shape index (κ2) is 4.93. The van der Waals surface area contributed by atoms with Crippen LogP contribution in [0.25, 0.3) is 0 Å².